The van der Waals surface area contributed by atoms with Gasteiger partial charge in [-0.05, 0) is 70.6 Å². The van der Waals surface area contributed by atoms with Gasteiger partial charge in [0, 0.05) is 13.6 Å². The molecule has 1 heterocycles. The number of aromatic nitrogens is 2. The second kappa shape index (κ2) is 5.71. The fraction of sp³-hybridized carbons (Fsp3) is 0.167. The molecule has 94 valence electrons. The van der Waals surface area contributed by atoms with Crippen molar-refractivity contribution in [1.29, 1.82) is 0 Å². The van der Waals surface area contributed by atoms with E-state index in [9.17, 15) is 0 Å². The fourth-order valence-electron chi connectivity index (χ4n) is 1.44. The minimum absolute atomic E-state index is 0.478. The minimum atomic E-state index is 0.478. The number of nitrogens with zero attached hydrogens (tertiary/aromatic N) is 2. The van der Waals surface area contributed by atoms with E-state index in [1.165, 1.54) is 0 Å². The van der Waals surface area contributed by atoms with Crippen molar-refractivity contribution in [2.45, 2.75) is 13.8 Å². The van der Waals surface area contributed by atoms with Crippen molar-refractivity contribution in [3.8, 4) is 0 Å². The molecule has 2 aromatic rings. The van der Waals surface area contributed by atoms with Crippen molar-refractivity contribution in [2.75, 3.05) is 5.32 Å². The van der Waals surface area contributed by atoms with Gasteiger partial charge in [-0.3, -0.25) is 0 Å². The number of halogens is 3. The number of benzene rings is 1. The number of anilines is 2. The Morgan fingerprint density at radius 3 is 2.72 bits per heavy atom. The van der Waals surface area contributed by atoms with Crippen LogP contribution >= 0.6 is 50.1 Å². The molecule has 0 amide bonds. The molecule has 0 aliphatic carbocycles. The molecule has 0 saturated heterocycles. The summed E-state index contributed by atoms with van der Waals surface area (Å²) in [4.78, 5) is 8.49. The van der Waals surface area contributed by atoms with Crippen molar-refractivity contribution in [3.63, 3.8) is 0 Å². The maximum atomic E-state index is 6.05. The lowest BCUT2D eigenvalue weighted by Crippen LogP contribution is -2.01. The predicted molar refractivity (Wildman–Crippen MR) is 86.7 cm³/mol. The van der Waals surface area contributed by atoms with Gasteiger partial charge >= 0.3 is 0 Å². The van der Waals surface area contributed by atoms with Gasteiger partial charge in [-0.15, -0.1) is 0 Å². The second-order valence-electron chi connectivity index (χ2n) is 3.78. The summed E-state index contributed by atoms with van der Waals surface area (Å²) in [6.07, 6.45) is 0. The third-order valence-electron chi connectivity index (χ3n) is 2.38. The topological polar surface area (TPSA) is 37.8 Å². The summed E-state index contributed by atoms with van der Waals surface area (Å²) >= 11 is 11.8. The third kappa shape index (κ3) is 3.13. The van der Waals surface area contributed by atoms with Crippen molar-refractivity contribution < 1.29 is 0 Å². The van der Waals surface area contributed by atoms with E-state index >= 15 is 0 Å². The summed E-state index contributed by atoms with van der Waals surface area (Å²) < 4.78 is 2.13. The maximum absolute atomic E-state index is 6.05. The molecule has 2 rings (SSSR count). The van der Waals surface area contributed by atoms with Crippen LogP contribution in [0.3, 0.4) is 0 Å². The summed E-state index contributed by atoms with van der Waals surface area (Å²) in [7, 11) is 0. The highest BCUT2D eigenvalue weighted by Gasteiger charge is 2.09. The van der Waals surface area contributed by atoms with Crippen LogP contribution in [0.4, 0.5) is 11.5 Å². The first-order chi connectivity index (χ1) is 8.47. The van der Waals surface area contributed by atoms with Gasteiger partial charge in [0.05, 0.1) is 5.69 Å². The van der Waals surface area contributed by atoms with Gasteiger partial charge in [-0.25, -0.2) is 9.97 Å². The quantitative estimate of drug-likeness (QED) is 0.538. The molecule has 0 fully saturated rings. The molecule has 0 aliphatic rings. The molecule has 1 N–H and O–H groups in total. The number of rotatable bonds is 2. The molecule has 0 unspecified atom stereocenters. The number of hydrogen-bond donors (Lipinski definition) is 1. The summed E-state index contributed by atoms with van der Waals surface area (Å²) in [5.41, 5.74) is 1.80. The van der Waals surface area contributed by atoms with Crippen LogP contribution in [0.25, 0.3) is 0 Å². The Hall–Kier alpha value is -0.400. The zero-order valence-corrected chi connectivity index (χ0v) is 14.3. The SMILES string of the molecule is Cc1nc(Cl)c(C)c(Nc2cc(I)ccc2Br)n1. The van der Waals surface area contributed by atoms with Crippen LogP contribution in [0.1, 0.15) is 11.4 Å². The molecular weight excluding hydrogens is 428 g/mol. The second-order valence-corrected chi connectivity index (χ2v) is 6.24. The highest BCUT2D eigenvalue weighted by Crippen LogP contribution is 2.29. The van der Waals surface area contributed by atoms with Crippen LogP contribution in [-0.2, 0) is 0 Å². The van der Waals surface area contributed by atoms with E-state index in [-0.39, 0.29) is 0 Å². The Bertz CT molecular complexity index is 604. The molecule has 3 nitrogen and oxygen atoms in total. The van der Waals surface area contributed by atoms with E-state index < -0.39 is 0 Å². The van der Waals surface area contributed by atoms with Gasteiger partial charge in [0.15, 0.2) is 0 Å². The van der Waals surface area contributed by atoms with Crippen LogP contribution < -0.4 is 5.32 Å². The number of hydrogen-bond acceptors (Lipinski definition) is 3. The Labute approximate surface area is 133 Å². The van der Waals surface area contributed by atoms with E-state index in [2.05, 4.69) is 53.8 Å². The zero-order chi connectivity index (χ0) is 13.3. The first-order valence-electron chi connectivity index (χ1n) is 5.20. The van der Waals surface area contributed by atoms with Crippen molar-refractivity contribution >= 4 is 61.6 Å². The standard InChI is InChI=1S/C12H10BrClIN3/c1-6-11(14)16-7(2)17-12(6)18-10-5-8(15)3-4-9(10)13/h3-5H,1-2H3,(H,16,17,18). The molecule has 0 atom stereocenters. The highest BCUT2D eigenvalue weighted by molar-refractivity contribution is 14.1. The number of aryl methyl sites for hydroxylation is 1. The summed E-state index contributed by atoms with van der Waals surface area (Å²) in [6.45, 7) is 3.71. The lowest BCUT2D eigenvalue weighted by Gasteiger charge is -2.12. The lowest BCUT2D eigenvalue weighted by atomic mass is 10.3. The van der Waals surface area contributed by atoms with Crippen LogP contribution in [0.15, 0.2) is 22.7 Å². The highest BCUT2D eigenvalue weighted by atomic mass is 127. The number of nitrogens with one attached hydrogen (secondary N) is 1. The molecule has 0 bridgehead atoms. The van der Waals surface area contributed by atoms with Gasteiger partial charge < -0.3 is 5.32 Å². The molecule has 0 saturated carbocycles. The Balaban J connectivity index is 2.43. The van der Waals surface area contributed by atoms with Crippen LogP contribution in [0, 0.1) is 17.4 Å². The Kier molecular flexibility index (Phi) is 4.45. The first kappa shape index (κ1) is 14.0. The van der Waals surface area contributed by atoms with Gasteiger partial charge in [-0.1, -0.05) is 11.6 Å². The third-order valence-corrected chi connectivity index (χ3v) is 4.11. The largest absolute Gasteiger partial charge is 0.339 e. The molecule has 1 aromatic carbocycles. The predicted octanol–water partition coefficient (Wildman–Crippen LogP) is 4.86. The van der Waals surface area contributed by atoms with E-state index in [1.807, 2.05) is 32.0 Å². The van der Waals surface area contributed by atoms with Gasteiger partial charge in [0.2, 0.25) is 0 Å². The molecule has 0 radical (unpaired) electrons. The van der Waals surface area contributed by atoms with E-state index in [4.69, 9.17) is 11.6 Å². The zero-order valence-electron chi connectivity index (χ0n) is 9.76. The molecule has 0 aliphatic heterocycles. The fourth-order valence-corrected chi connectivity index (χ4v) is 2.49. The van der Waals surface area contributed by atoms with E-state index in [1.54, 1.807) is 0 Å². The summed E-state index contributed by atoms with van der Waals surface area (Å²) in [5.74, 6) is 1.38. The Morgan fingerprint density at radius 1 is 1.28 bits per heavy atom. The summed E-state index contributed by atoms with van der Waals surface area (Å²) in [5, 5.41) is 3.75. The smallest absolute Gasteiger partial charge is 0.138 e. The van der Waals surface area contributed by atoms with E-state index in [0.717, 1.165) is 25.1 Å². The average Bonchev–Trinajstić information content (AvgIpc) is 2.30. The van der Waals surface area contributed by atoms with Gasteiger partial charge in [0.1, 0.15) is 16.8 Å². The van der Waals surface area contributed by atoms with Gasteiger partial charge in [-0.2, -0.15) is 0 Å². The van der Waals surface area contributed by atoms with Crippen LogP contribution in [-0.4, -0.2) is 9.97 Å². The molecule has 0 spiro atoms. The maximum Gasteiger partial charge on any atom is 0.138 e. The monoisotopic (exact) mass is 437 g/mol. The van der Waals surface area contributed by atoms with Crippen molar-refractivity contribution in [3.05, 3.63) is 42.8 Å². The van der Waals surface area contributed by atoms with Crippen molar-refractivity contribution in [1.82, 2.24) is 9.97 Å². The van der Waals surface area contributed by atoms with Crippen molar-refractivity contribution in [2.24, 2.45) is 0 Å². The summed E-state index contributed by atoms with van der Waals surface area (Å²) in [6, 6.07) is 6.06. The van der Waals surface area contributed by atoms with Crippen LogP contribution in [0.5, 0.6) is 0 Å². The first-order valence-corrected chi connectivity index (χ1v) is 7.45. The molecular formula is C12H10BrClIN3. The Morgan fingerprint density at radius 2 is 2.00 bits per heavy atom. The lowest BCUT2D eigenvalue weighted by molar-refractivity contribution is 1.04. The molecule has 6 heteroatoms. The van der Waals surface area contributed by atoms with E-state index in [0.29, 0.717) is 11.0 Å². The van der Waals surface area contributed by atoms with Gasteiger partial charge in [0.25, 0.3) is 0 Å². The average molecular weight is 438 g/mol. The normalized spacial score (nSPS) is 10.5. The van der Waals surface area contributed by atoms with Crippen LogP contribution in [0.2, 0.25) is 5.15 Å². The molecule has 18 heavy (non-hydrogen) atoms. The minimum Gasteiger partial charge on any atom is -0.339 e. The molecule has 1 aromatic heterocycles.